The first kappa shape index (κ1) is 27.2. The van der Waals surface area contributed by atoms with E-state index in [-0.39, 0.29) is 28.3 Å². The van der Waals surface area contributed by atoms with Crippen LogP contribution in [0.3, 0.4) is 0 Å². The SMILES string of the molecule is CCN(Cc1ccccc1)S(=O)(=O)c1ccc(C(=O)N=c2sc3cccc(OC)c3n2CC(=O)OC)cc1. The minimum Gasteiger partial charge on any atom is -0.495 e. The lowest BCUT2D eigenvalue weighted by molar-refractivity contribution is -0.141. The molecule has 0 aliphatic heterocycles. The molecule has 0 spiro atoms. The van der Waals surface area contributed by atoms with Crippen LogP contribution in [-0.2, 0) is 32.6 Å². The molecule has 198 valence electrons. The predicted octanol–water partition coefficient (Wildman–Crippen LogP) is 3.84. The molecule has 0 bridgehead atoms. The summed E-state index contributed by atoms with van der Waals surface area (Å²) in [5.74, 6) is -0.549. The molecule has 0 fully saturated rings. The fourth-order valence-corrected chi connectivity index (χ4v) is 6.39. The topological polar surface area (TPSA) is 107 Å². The molecule has 0 saturated carbocycles. The van der Waals surface area contributed by atoms with E-state index >= 15 is 0 Å². The second-order valence-electron chi connectivity index (χ2n) is 8.21. The van der Waals surface area contributed by atoms with Crippen molar-refractivity contribution in [1.82, 2.24) is 8.87 Å². The zero-order valence-corrected chi connectivity index (χ0v) is 22.8. The molecule has 3 aromatic carbocycles. The number of fused-ring (bicyclic) bond motifs is 1. The highest BCUT2D eigenvalue weighted by Crippen LogP contribution is 2.27. The molecule has 4 rings (SSSR count). The molecule has 1 aromatic heterocycles. The standard InChI is InChI=1S/C27H27N3O6S2/c1-4-29(17-19-9-6-5-7-10-19)38(33,34)21-15-13-20(14-16-21)26(32)28-27-30(18-24(31)36-3)25-22(35-2)11-8-12-23(25)37-27/h5-16H,4,17-18H2,1-3H3. The van der Waals surface area contributed by atoms with Crippen molar-refractivity contribution in [2.24, 2.45) is 4.99 Å². The van der Waals surface area contributed by atoms with Crippen LogP contribution in [0.1, 0.15) is 22.8 Å². The number of ether oxygens (including phenoxy) is 2. The van der Waals surface area contributed by atoms with Gasteiger partial charge in [-0.15, -0.1) is 0 Å². The van der Waals surface area contributed by atoms with Crippen molar-refractivity contribution in [3.63, 3.8) is 0 Å². The highest BCUT2D eigenvalue weighted by atomic mass is 32.2. The number of sulfonamides is 1. The first-order valence-corrected chi connectivity index (χ1v) is 14.0. The Morgan fingerprint density at radius 3 is 2.32 bits per heavy atom. The molecule has 0 aliphatic rings. The normalized spacial score (nSPS) is 12.2. The average Bonchev–Trinajstić information content (AvgIpc) is 3.28. The van der Waals surface area contributed by atoms with Gasteiger partial charge in [0.05, 0.1) is 23.8 Å². The molecular formula is C27H27N3O6S2. The van der Waals surface area contributed by atoms with Crippen molar-refractivity contribution >= 4 is 43.5 Å². The van der Waals surface area contributed by atoms with E-state index in [0.29, 0.717) is 17.8 Å². The number of para-hydroxylation sites is 1. The zero-order chi connectivity index (χ0) is 27.3. The van der Waals surface area contributed by atoms with E-state index in [9.17, 15) is 18.0 Å². The number of carbonyl (C=O) groups is 2. The smallest absolute Gasteiger partial charge is 0.325 e. The number of amides is 1. The molecule has 38 heavy (non-hydrogen) atoms. The third-order valence-corrected chi connectivity index (χ3v) is 8.87. The van der Waals surface area contributed by atoms with Gasteiger partial charge in [0.1, 0.15) is 17.8 Å². The number of aromatic nitrogens is 1. The minimum absolute atomic E-state index is 0.0826. The number of benzene rings is 3. The molecule has 0 saturated heterocycles. The van der Waals surface area contributed by atoms with Crippen LogP contribution in [-0.4, -0.2) is 49.9 Å². The van der Waals surface area contributed by atoms with Crippen molar-refractivity contribution in [2.75, 3.05) is 20.8 Å². The molecule has 0 unspecified atom stereocenters. The molecule has 1 amide bonds. The lowest BCUT2D eigenvalue weighted by Gasteiger charge is -2.20. The molecule has 0 aliphatic carbocycles. The van der Waals surface area contributed by atoms with Crippen molar-refractivity contribution in [3.8, 4) is 5.75 Å². The lowest BCUT2D eigenvalue weighted by atomic mass is 10.2. The number of carbonyl (C=O) groups excluding carboxylic acids is 2. The number of hydrogen-bond acceptors (Lipinski definition) is 7. The van der Waals surface area contributed by atoms with E-state index in [4.69, 9.17) is 9.47 Å². The quantitative estimate of drug-likeness (QED) is 0.292. The number of rotatable bonds is 9. The number of esters is 1. The fraction of sp³-hybridized carbons (Fsp3) is 0.222. The van der Waals surface area contributed by atoms with Crippen LogP contribution in [0.2, 0.25) is 0 Å². The molecule has 0 atom stereocenters. The zero-order valence-electron chi connectivity index (χ0n) is 21.2. The molecule has 9 nitrogen and oxygen atoms in total. The molecular weight excluding hydrogens is 526 g/mol. The molecule has 4 aromatic rings. The molecule has 1 heterocycles. The molecule has 0 radical (unpaired) electrons. The summed E-state index contributed by atoms with van der Waals surface area (Å²) in [5.41, 5.74) is 1.71. The Bertz CT molecular complexity index is 1630. The molecule has 0 N–H and O–H groups in total. The maximum Gasteiger partial charge on any atom is 0.325 e. The summed E-state index contributed by atoms with van der Waals surface area (Å²) in [7, 11) is -0.971. The fourth-order valence-electron chi connectivity index (χ4n) is 3.91. The van der Waals surface area contributed by atoms with E-state index in [1.165, 1.54) is 54.1 Å². The van der Waals surface area contributed by atoms with E-state index in [1.54, 1.807) is 17.6 Å². The first-order valence-electron chi connectivity index (χ1n) is 11.7. The van der Waals surface area contributed by atoms with E-state index in [2.05, 4.69) is 4.99 Å². The van der Waals surface area contributed by atoms with Gasteiger partial charge in [0.2, 0.25) is 10.0 Å². The van der Waals surface area contributed by atoms with Gasteiger partial charge in [0.25, 0.3) is 5.91 Å². The Hall–Kier alpha value is -3.80. The monoisotopic (exact) mass is 553 g/mol. The number of thiazole rings is 1. The van der Waals surface area contributed by atoms with E-state index in [0.717, 1.165) is 10.3 Å². The van der Waals surface area contributed by atoms with Gasteiger partial charge in [-0.05, 0) is 42.0 Å². The predicted molar refractivity (Wildman–Crippen MR) is 144 cm³/mol. The van der Waals surface area contributed by atoms with Crippen molar-refractivity contribution in [1.29, 1.82) is 0 Å². The third kappa shape index (κ3) is 5.69. The summed E-state index contributed by atoms with van der Waals surface area (Å²) >= 11 is 1.23. The first-order chi connectivity index (χ1) is 18.3. The summed E-state index contributed by atoms with van der Waals surface area (Å²) in [4.78, 5) is 29.8. The van der Waals surface area contributed by atoms with Gasteiger partial charge in [0, 0.05) is 18.7 Å². The average molecular weight is 554 g/mol. The highest BCUT2D eigenvalue weighted by Gasteiger charge is 2.24. The van der Waals surface area contributed by atoms with Gasteiger partial charge in [-0.25, -0.2) is 8.42 Å². The summed E-state index contributed by atoms with van der Waals surface area (Å²) in [5, 5.41) is 0. The van der Waals surface area contributed by atoms with Gasteiger partial charge in [-0.3, -0.25) is 9.59 Å². The van der Waals surface area contributed by atoms with Gasteiger partial charge < -0.3 is 14.0 Å². The third-order valence-electron chi connectivity index (χ3n) is 5.89. The Morgan fingerprint density at radius 2 is 1.68 bits per heavy atom. The Kier molecular flexibility index (Phi) is 8.40. The Morgan fingerprint density at radius 1 is 0.974 bits per heavy atom. The van der Waals surface area contributed by atoms with Crippen molar-refractivity contribution in [2.45, 2.75) is 24.9 Å². The van der Waals surface area contributed by atoms with Crippen LogP contribution < -0.4 is 9.54 Å². The number of nitrogens with zero attached hydrogens (tertiary/aromatic N) is 3. The summed E-state index contributed by atoms with van der Waals surface area (Å²) < 4.78 is 40.5. The second-order valence-corrected chi connectivity index (χ2v) is 11.2. The number of methoxy groups -OCH3 is 2. The maximum absolute atomic E-state index is 13.2. The summed E-state index contributed by atoms with van der Waals surface area (Å²) in [6.07, 6.45) is 0. The van der Waals surface area contributed by atoms with Gasteiger partial charge in [-0.1, -0.05) is 54.7 Å². The maximum atomic E-state index is 13.2. The summed E-state index contributed by atoms with van der Waals surface area (Å²) in [6.45, 7) is 2.16. The van der Waals surface area contributed by atoms with Crippen molar-refractivity contribution < 1.29 is 27.5 Å². The van der Waals surface area contributed by atoms with Gasteiger partial charge in [0.15, 0.2) is 4.80 Å². The van der Waals surface area contributed by atoms with Crippen LogP contribution in [0.15, 0.2) is 82.7 Å². The van der Waals surface area contributed by atoms with Gasteiger partial charge >= 0.3 is 5.97 Å². The van der Waals surface area contributed by atoms with Crippen molar-refractivity contribution in [3.05, 3.63) is 88.7 Å². The van der Waals surface area contributed by atoms with Crippen LogP contribution in [0.4, 0.5) is 0 Å². The Labute approximate surface area is 224 Å². The van der Waals surface area contributed by atoms with Crippen LogP contribution >= 0.6 is 11.3 Å². The highest BCUT2D eigenvalue weighted by molar-refractivity contribution is 7.89. The van der Waals surface area contributed by atoms with E-state index in [1.807, 2.05) is 42.5 Å². The Balaban J connectivity index is 1.66. The van der Waals surface area contributed by atoms with Crippen LogP contribution in [0, 0.1) is 0 Å². The summed E-state index contributed by atoms with van der Waals surface area (Å²) in [6, 6.07) is 20.4. The number of hydrogen-bond donors (Lipinski definition) is 0. The van der Waals surface area contributed by atoms with Crippen LogP contribution in [0.25, 0.3) is 10.2 Å². The largest absolute Gasteiger partial charge is 0.495 e. The van der Waals surface area contributed by atoms with E-state index < -0.39 is 21.9 Å². The lowest BCUT2D eigenvalue weighted by Crippen LogP contribution is -2.30. The van der Waals surface area contributed by atoms with Crippen LogP contribution in [0.5, 0.6) is 5.75 Å². The molecule has 11 heteroatoms. The minimum atomic E-state index is -3.77. The second kappa shape index (κ2) is 11.7. The van der Waals surface area contributed by atoms with Gasteiger partial charge in [-0.2, -0.15) is 9.30 Å².